The van der Waals surface area contributed by atoms with Gasteiger partial charge < -0.3 is 15.8 Å². The molecule has 4 rings (SSSR count). The first-order valence-corrected chi connectivity index (χ1v) is 10.9. The molecule has 9 heteroatoms. The highest BCUT2D eigenvalue weighted by Gasteiger charge is 2.27. The second-order valence-corrected chi connectivity index (χ2v) is 8.24. The Balaban J connectivity index is 1.74. The summed E-state index contributed by atoms with van der Waals surface area (Å²) < 4.78 is 18.7. The van der Waals surface area contributed by atoms with Gasteiger partial charge in [0.15, 0.2) is 5.69 Å². The molecule has 30 heavy (non-hydrogen) atoms. The Morgan fingerprint density at radius 3 is 2.77 bits per heavy atom. The van der Waals surface area contributed by atoms with Crippen LogP contribution in [-0.4, -0.2) is 46.9 Å². The summed E-state index contributed by atoms with van der Waals surface area (Å²) in [5, 5.41) is 13.5. The average Bonchev–Trinajstić information content (AvgIpc) is 3.42. The standard InChI is InChI=1S/C21H24FN5O2S/c1-12(10-23)29-21(28)16-11-30-20(25-16)17-18(13-2-4-15(22)5-3-13)26-27-19(17)14-6-8-24-9-7-14/h2-5,11-12,14,24H,6-10,23H2,1H3,(H,26,27). The van der Waals surface area contributed by atoms with Gasteiger partial charge in [0.2, 0.25) is 0 Å². The highest BCUT2D eigenvalue weighted by atomic mass is 32.1. The number of rotatable bonds is 6. The molecule has 0 bridgehead atoms. The molecule has 0 spiro atoms. The lowest BCUT2D eigenvalue weighted by Gasteiger charge is -2.22. The fourth-order valence-electron chi connectivity index (χ4n) is 3.57. The Morgan fingerprint density at radius 2 is 2.07 bits per heavy atom. The molecule has 1 saturated heterocycles. The predicted octanol–water partition coefficient (Wildman–Crippen LogP) is 3.31. The molecule has 0 radical (unpaired) electrons. The van der Waals surface area contributed by atoms with Crippen molar-refractivity contribution in [2.45, 2.75) is 31.8 Å². The van der Waals surface area contributed by atoms with Crippen LogP contribution in [0.2, 0.25) is 0 Å². The summed E-state index contributed by atoms with van der Waals surface area (Å²) in [5.74, 6) is -0.493. The van der Waals surface area contributed by atoms with Gasteiger partial charge in [-0.25, -0.2) is 14.2 Å². The number of hydrogen-bond donors (Lipinski definition) is 3. The van der Waals surface area contributed by atoms with Crippen molar-refractivity contribution in [1.82, 2.24) is 20.5 Å². The van der Waals surface area contributed by atoms with Gasteiger partial charge in [0.25, 0.3) is 0 Å². The van der Waals surface area contributed by atoms with E-state index in [0.717, 1.165) is 42.8 Å². The minimum Gasteiger partial charge on any atom is -0.457 e. The Kier molecular flexibility index (Phi) is 6.21. The van der Waals surface area contributed by atoms with E-state index in [0.29, 0.717) is 16.6 Å². The quantitative estimate of drug-likeness (QED) is 0.519. The number of H-pyrrole nitrogens is 1. The summed E-state index contributed by atoms with van der Waals surface area (Å²) in [7, 11) is 0. The molecular formula is C21H24FN5O2S. The molecule has 2 aromatic heterocycles. The maximum absolute atomic E-state index is 13.4. The van der Waals surface area contributed by atoms with Gasteiger partial charge in [0.1, 0.15) is 22.6 Å². The SMILES string of the molecule is CC(CN)OC(=O)c1csc(-c2c(-c3ccc(F)cc3)n[nH]c2C2CCNCC2)n1. The first kappa shape index (κ1) is 20.6. The number of nitrogens with one attached hydrogen (secondary N) is 2. The van der Waals surface area contributed by atoms with Crippen LogP contribution in [0.25, 0.3) is 21.8 Å². The van der Waals surface area contributed by atoms with Gasteiger partial charge in [-0.15, -0.1) is 11.3 Å². The van der Waals surface area contributed by atoms with Crippen molar-refractivity contribution in [2.75, 3.05) is 19.6 Å². The Bertz CT molecular complexity index is 1010. The fourth-order valence-corrected chi connectivity index (χ4v) is 4.42. The van der Waals surface area contributed by atoms with E-state index in [2.05, 4.69) is 20.5 Å². The molecule has 1 aromatic carbocycles. The molecule has 1 unspecified atom stereocenters. The first-order valence-electron chi connectivity index (χ1n) is 9.98. The number of carbonyl (C=O) groups excluding carboxylic acids is 1. The normalized spacial score (nSPS) is 15.8. The zero-order valence-corrected chi connectivity index (χ0v) is 17.5. The first-order chi connectivity index (χ1) is 14.6. The lowest BCUT2D eigenvalue weighted by atomic mass is 9.91. The topological polar surface area (TPSA) is 106 Å². The maximum atomic E-state index is 13.4. The Hall–Kier alpha value is -2.62. The van der Waals surface area contributed by atoms with Crippen LogP contribution >= 0.6 is 11.3 Å². The number of hydrogen-bond acceptors (Lipinski definition) is 7. The van der Waals surface area contributed by atoms with Gasteiger partial charge >= 0.3 is 5.97 Å². The summed E-state index contributed by atoms with van der Waals surface area (Å²) >= 11 is 1.37. The van der Waals surface area contributed by atoms with Crippen molar-refractivity contribution in [2.24, 2.45) is 5.73 Å². The number of halogens is 1. The molecule has 7 nitrogen and oxygen atoms in total. The minimum absolute atomic E-state index is 0.248. The largest absolute Gasteiger partial charge is 0.457 e. The molecule has 0 amide bonds. The monoisotopic (exact) mass is 429 g/mol. The zero-order chi connectivity index (χ0) is 21.1. The summed E-state index contributed by atoms with van der Waals surface area (Å²) in [5.41, 5.74) is 9.15. The smallest absolute Gasteiger partial charge is 0.358 e. The number of nitrogens with zero attached hydrogens (tertiary/aromatic N) is 2. The molecule has 158 valence electrons. The molecule has 0 saturated carbocycles. The number of piperidine rings is 1. The Labute approximate surface area is 177 Å². The van der Waals surface area contributed by atoms with Crippen molar-refractivity contribution in [3.8, 4) is 21.8 Å². The van der Waals surface area contributed by atoms with Gasteiger partial charge in [-0.3, -0.25) is 5.10 Å². The van der Waals surface area contributed by atoms with E-state index in [9.17, 15) is 9.18 Å². The van der Waals surface area contributed by atoms with E-state index in [1.165, 1.54) is 23.5 Å². The van der Waals surface area contributed by atoms with Gasteiger partial charge in [-0.2, -0.15) is 5.10 Å². The minimum atomic E-state index is -0.495. The third kappa shape index (κ3) is 4.28. The van der Waals surface area contributed by atoms with E-state index in [4.69, 9.17) is 10.5 Å². The van der Waals surface area contributed by atoms with Crippen LogP contribution in [0.15, 0.2) is 29.6 Å². The average molecular weight is 430 g/mol. The fraction of sp³-hybridized carbons (Fsp3) is 0.381. The highest BCUT2D eigenvalue weighted by molar-refractivity contribution is 7.13. The number of carbonyl (C=O) groups is 1. The summed E-state index contributed by atoms with van der Waals surface area (Å²) in [6.45, 7) is 3.85. The van der Waals surface area contributed by atoms with Crippen LogP contribution in [-0.2, 0) is 4.74 Å². The van der Waals surface area contributed by atoms with Crippen molar-refractivity contribution in [3.63, 3.8) is 0 Å². The molecular weight excluding hydrogens is 405 g/mol. The number of aromatic nitrogens is 3. The number of nitrogens with two attached hydrogens (primary N) is 1. The third-order valence-electron chi connectivity index (χ3n) is 5.23. The second-order valence-electron chi connectivity index (χ2n) is 7.38. The number of benzene rings is 1. The van der Waals surface area contributed by atoms with Crippen molar-refractivity contribution >= 4 is 17.3 Å². The van der Waals surface area contributed by atoms with Crippen LogP contribution in [0.3, 0.4) is 0 Å². The van der Waals surface area contributed by atoms with E-state index in [1.807, 2.05) is 0 Å². The lowest BCUT2D eigenvalue weighted by Crippen LogP contribution is -2.27. The van der Waals surface area contributed by atoms with Crippen LogP contribution in [0.4, 0.5) is 4.39 Å². The molecule has 1 atom stereocenters. The second kappa shape index (κ2) is 9.03. The van der Waals surface area contributed by atoms with Gasteiger partial charge in [-0.05, 0) is 57.1 Å². The number of thiazole rings is 1. The molecule has 1 aliphatic heterocycles. The van der Waals surface area contributed by atoms with Gasteiger partial charge in [0.05, 0.1) is 5.56 Å². The van der Waals surface area contributed by atoms with Crippen molar-refractivity contribution < 1.29 is 13.9 Å². The molecule has 4 N–H and O–H groups in total. The summed E-state index contributed by atoms with van der Waals surface area (Å²) in [4.78, 5) is 16.9. The van der Waals surface area contributed by atoms with Crippen LogP contribution in [0.5, 0.6) is 0 Å². The van der Waals surface area contributed by atoms with Gasteiger partial charge in [-0.1, -0.05) is 0 Å². The summed E-state index contributed by atoms with van der Waals surface area (Å²) in [6.07, 6.45) is 1.58. The molecule has 0 aliphatic carbocycles. The van der Waals surface area contributed by atoms with E-state index < -0.39 is 5.97 Å². The summed E-state index contributed by atoms with van der Waals surface area (Å²) in [6, 6.07) is 6.23. The Morgan fingerprint density at radius 1 is 1.33 bits per heavy atom. The van der Waals surface area contributed by atoms with E-state index in [1.54, 1.807) is 24.4 Å². The number of esters is 1. The van der Waals surface area contributed by atoms with Crippen molar-refractivity contribution in [3.05, 3.63) is 46.9 Å². The number of ether oxygens (including phenoxy) is 1. The van der Waals surface area contributed by atoms with Crippen LogP contribution < -0.4 is 11.1 Å². The lowest BCUT2D eigenvalue weighted by molar-refractivity contribution is 0.0353. The van der Waals surface area contributed by atoms with E-state index in [-0.39, 0.29) is 24.2 Å². The third-order valence-corrected chi connectivity index (χ3v) is 6.09. The molecule has 3 heterocycles. The molecule has 1 fully saturated rings. The zero-order valence-electron chi connectivity index (χ0n) is 16.7. The predicted molar refractivity (Wildman–Crippen MR) is 114 cm³/mol. The van der Waals surface area contributed by atoms with E-state index >= 15 is 0 Å². The van der Waals surface area contributed by atoms with Crippen molar-refractivity contribution in [1.29, 1.82) is 0 Å². The molecule has 3 aromatic rings. The van der Waals surface area contributed by atoms with Crippen LogP contribution in [0.1, 0.15) is 41.9 Å². The highest BCUT2D eigenvalue weighted by Crippen LogP contribution is 2.40. The van der Waals surface area contributed by atoms with Gasteiger partial charge in [0, 0.05) is 29.1 Å². The molecule has 1 aliphatic rings. The number of aromatic amines is 1. The maximum Gasteiger partial charge on any atom is 0.358 e. The van der Waals surface area contributed by atoms with Crippen LogP contribution in [0, 0.1) is 5.82 Å².